The van der Waals surface area contributed by atoms with Crippen LogP contribution in [0, 0.1) is 10.5 Å². The molecule has 0 aliphatic rings. The molecule has 0 fully saturated rings. The minimum Gasteiger partial charge on any atom is -0.306 e. The summed E-state index contributed by atoms with van der Waals surface area (Å²) in [6, 6.07) is 12.9. The number of aryl methyl sites for hydroxylation is 1. The number of benzene rings is 2. The molecule has 0 aliphatic carbocycles. The normalized spacial score (nSPS) is 12.4. The second-order valence-electron chi connectivity index (χ2n) is 5.06. The number of halogens is 3. The van der Waals surface area contributed by atoms with E-state index in [0.717, 1.165) is 28.0 Å². The van der Waals surface area contributed by atoms with E-state index >= 15 is 0 Å². The first kappa shape index (κ1) is 17.3. The third-order valence-corrected chi connectivity index (χ3v) is 5.28. The summed E-state index contributed by atoms with van der Waals surface area (Å²) in [4.78, 5) is 0. The Morgan fingerprint density at radius 1 is 1.24 bits per heavy atom. The first-order valence-electron chi connectivity index (χ1n) is 6.97. The van der Waals surface area contributed by atoms with Gasteiger partial charge in [0.05, 0.1) is 6.04 Å². The van der Waals surface area contributed by atoms with Crippen molar-refractivity contribution in [3.8, 4) is 0 Å². The fraction of sp³-hybridized carbons (Fsp3) is 0.294. The highest BCUT2D eigenvalue weighted by Crippen LogP contribution is 2.31. The van der Waals surface area contributed by atoms with Crippen LogP contribution in [0.2, 0.25) is 5.02 Å². The molecule has 0 heterocycles. The molecule has 1 unspecified atom stereocenters. The van der Waals surface area contributed by atoms with Gasteiger partial charge in [0.25, 0.3) is 0 Å². The van der Waals surface area contributed by atoms with Gasteiger partial charge in [0, 0.05) is 13.1 Å². The van der Waals surface area contributed by atoms with Crippen molar-refractivity contribution in [2.75, 3.05) is 6.54 Å². The lowest BCUT2D eigenvalue weighted by Crippen LogP contribution is -2.24. The molecule has 0 radical (unpaired) electrons. The van der Waals surface area contributed by atoms with Crippen LogP contribution in [0.5, 0.6) is 0 Å². The first-order chi connectivity index (χ1) is 10.0. The van der Waals surface area contributed by atoms with E-state index < -0.39 is 0 Å². The molecule has 112 valence electrons. The van der Waals surface area contributed by atoms with Crippen LogP contribution in [-0.4, -0.2) is 6.54 Å². The minimum atomic E-state index is 0.160. The van der Waals surface area contributed by atoms with Crippen molar-refractivity contribution < 1.29 is 0 Å². The van der Waals surface area contributed by atoms with Crippen LogP contribution in [-0.2, 0) is 0 Å². The second kappa shape index (κ2) is 7.95. The van der Waals surface area contributed by atoms with E-state index in [4.69, 9.17) is 11.6 Å². The molecular weight excluding hydrogens is 460 g/mol. The van der Waals surface area contributed by atoms with E-state index in [1.807, 2.05) is 6.92 Å². The lowest BCUT2D eigenvalue weighted by molar-refractivity contribution is 0.596. The van der Waals surface area contributed by atoms with Crippen molar-refractivity contribution >= 4 is 50.1 Å². The van der Waals surface area contributed by atoms with Gasteiger partial charge in [-0.3, -0.25) is 0 Å². The fourth-order valence-corrected chi connectivity index (χ4v) is 3.44. The van der Waals surface area contributed by atoms with Gasteiger partial charge < -0.3 is 5.32 Å². The van der Waals surface area contributed by atoms with Gasteiger partial charge in [0.2, 0.25) is 0 Å². The van der Waals surface area contributed by atoms with Gasteiger partial charge in [-0.05, 0) is 83.4 Å². The number of hydrogen-bond donors (Lipinski definition) is 1. The lowest BCUT2D eigenvalue weighted by atomic mass is 9.97. The standard InChI is InChI=1S/C17H18BrClIN/c1-3-8-21-17(12-5-4-11(2)15(19)9-12)14-10-13(18)6-7-16(14)20/h4-7,9-10,17,21H,3,8H2,1-2H3. The maximum Gasteiger partial charge on any atom is 0.0588 e. The van der Waals surface area contributed by atoms with Crippen molar-refractivity contribution in [3.63, 3.8) is 0 Å². The Kier molecular flexibility index (Phi) is 6.53. The predicted octanol–water partition coefficient (Wildman–Crippen LogP) is 6.10. The molecule has 4 heteroatoms. The van der Waals surface area contributed by atoms with E-state index in [0.29, 0.717) is 0 Å². The highest BCUT2D eigenvalue weighted by atomic mass is 127. The Morgan fingerprint density at radius 2 is 2.00 bits per heavy atom. The van der Waals surface area contributed by atoms with E-state index in [-0.39, 0.29) is 6.04 Å². The third kappa shape index (κ3) is 4.44. The van der Waals surface area contributed by atoms with Crippen LogP contribution >= 0.6 is 50.1 Å². The van der Waals surface area contributed by atoms with Crippen LogP contribution in [0.25, 0.3) is 0 Å². The zero-order chi connectivity index (χ0) is 15.4. The quantitative estimate of drug-likeness (QED) is 0.512. The van der Waals surface area contributed by atoms with Crippen LogP contribution in [0.15, 0.2) is 40.9 Å². The van der Waals surface area contributed by atoms with E-state index in [2.05, 4.69) is 87.2 Å². The summed E-state index contributed by atoms with van der Waals surface area (Å²) in [7, 11) is 0. The molecule has 0 amide bonds. The molecule has 0 spiro atoms. The van der Waals surface area contributed by atoms with Crippen molar-refractivity contribution in [1.29, 1.82) is 0 Å². The van der Waals surface area contributed by atoms with E-state index in [9.17, 15) is 0 Å². The van der Waals surface area contributed by atoms with E-state index in [1.165, 1.54) is 14.7 Å². The predicted molar refractivity (Wildman–Crippen MR) is 103 cm³/mol. The van der Waals surface area contributed by atoms with Gasteiger partial charge in [-0.1, -0.05) is 46.6 Å². The van der Waals surface area contributed by atoms with Crippen molar-refractivity contribution in [2.24, 2.45) is 0 Å². The monoisotopic (exact) mass is 477 g/mol. The molecule has 1 N–H and O–H groups in total. The maximum atomic E-state index is 6.31. The van der Waals surface area contributed by atoms with Crippen LogP contribution in [0.4, 0.5) is 0 Å². The SMILES string of the molecule is CCCNC(c1ccc(C)c(Cl)c1)c1cc(Br)ccc1I. The van der Waals surface area contributed by atoms with Crippen LogP contribution < -0.4 is 5.32 Å². The topological polar surface area (TPSA) is 12.0 Å². The summed E-state index contributed by atoms with van der Waals surface area (Å²) in [5.74, 6) is 0. The van der Waals surface area contributed by atoms with E-state index in [1.54, 1.807) is 0 Å². The number of rotatable bonds is 5. The molecule has 0 aliphatic heterocycles. The summed E-state index contributed by atoms with van der Waals surface area (Å²) >= 11 is 12.3. The maximum absolute atomic E-state index is 6.31. The largest absolute Gasteiger partial charge is 0.306 e. The Balaban J connectivity index is 2.46. The molecule has 0 bridgehead atoms. The van der Waals surface area contributed by atoms with Gasteiger partial charge in [-0.15, -0.1) is 0 Å². The molecule has 1 nitrogen and oxygen atoms in total. The van der Waals surface area contributed by atoms with Crippen molar-refractivity contribution in [1.82, 2.24) is 5.32 Å². The minimum absolute atomic E-state index is 0.160. The zero-order valence-corrected chi connectivity index (χ0v) is 16.6. The van der Waals surface area contributed by atoms with Gasteiger partial charge in [-0.2, -0.15) is 0 Å². The van der Waals surface area contributed by atoms with Crippen LogP contribution in [0.1, 0.15) is 36.1 Å². The number of hydrogen-bond acceptors (Lipinski definition) is 1. The van der Waals surface area contributed by atoms with Gasteiger partial charge in [0.15, 0.2) is 0 Å². The summed E-state index contributed by atoms with van der Waals surface area (Å²) in [5, 5.41) is 4.45. The van der Waals surface area contributed by atoms with Crippen LogP contribution in [0.3, 0.4) is 0 Å². The summed E-state index contributed by atoms with van der Waals surface area (Å²) < 4.78 is 2.35. The molecule has 2 rings (SSSR count). The summed E-state index contributed by atoms with van der Waals surface area (Å²) in [5.41, 5.74) is 3.59. The molecular formula is C17H18BrClIN. The first-order valence-corrected chi connectivity index (χ1v) is 9.22. The summed E-state index contributed by atoms with van der Waals surface area (Å²) in [6.07, 6.45) is 1.10. The Hall–Kier alpha value is -0.100. The van der Waals surface area contributed by atoms with Gasteiger partial charge in [0.1, 0.15) is 0 Å². The molecule has 21 heavy (non-hydrogen) atoms. The molecule has 0 saturated heterocycles. The number of nitrogens with one attached hydrogen (secondary N) is 1. The second-order valence-corrected chi connectivity index (χ2v) is 7.55. The average molecular weight is 479 g/mol. The highest BCUT2D eigenvalue weighted by molar-refractivity contribution is 14.1. The molecule has 0 saturated carbocycles. The average Bonchev–Trinajstić information content (AvgIpc) is 2.46. The fourth-order valence-electron chi connectivity index (χ4n) is 2.22. The highest BCUT2D eigenvalue weighted by Gasteiger charge is 2.17. The Labute approximate surface area is 153 Å². The van der Waals surface area contributed by atoms with Crippen molar-refractivity contribution in [3.05, 3.63) is 66.2 Å². The third-order valence-electron chi connectivity index (χ3n) is 3.40. The zero-order valence-electron chi connectivity index (χ0n) is 12.1. The smallest absolute Gasteiger partial charge is 0.0588 e. The Morgan fingerprint density at radius 3 is 2.67 bits per heavy atom. The molecule has 2 aromatic carbocycles. The molecule has 2 aromatic rings. The lowest BCUT2D eigenvalue weighted by Gasteiger charge is -2.22. The molecule has 1 atom stereocenters. The summed E-state index contributed by atoms with van der Waals surface area (Å²) in [6.45, 7) is 5.18. The Bertz CT molecular complexity index is 630. The molecule has 0 aromatic heterocycles. The van der Waals surface area contributed by atoms with Gasteiger partial charge >= 0.3 is 0 Å². The van der Waals surface area contributed by atoms with Gasteiger partial charge in [-0.25, -0.2) is 0 Å². The van der Waals surface area contributed by atoms with Crippen molar-refractivity contribution in [2.45, 2.75) is 26.3 Å².